The molecule has 5 heteroatoms. The molecule has 0 aliphatic rings. The Morgan fingerprint density at radius 2 is 1.89 bits per heavy atom. The van der Waals surface area contributed by atoms with E-state index in [0.717, 1.165) is 12.8 Å². The van der Waals surface area contributed by atoms with E-state index in [2.05, 4.69) is 5.32 Å². The van der Waals surface area contributed by atoms with Gasteiger partial charge in [0.15, 0.2) is 0 Å². The van der Waals surface area contributed by atoms with Gasteiger partial charge in [-0.05, 0) is 33.6 Å². The lowest BCUT2D eigenvalue weighted by Crippen LogP contribution is -2.42. The predicted octanol–water partition coefficient (Wildman–Crippen LogP) is 2.88. The molecule has 0 saturated heterocycles. The maximum atomic E-state index is 11.9. The van der Waals surface area contributed by atoms with E-state index in [9.17, 15) is 9.59 Å². The van der Waals surface area contributed by atoms with E-state index in [1.807, 2.05) is 13.8 Å². The Kier molecular flexibility index (Phi) is 5.98. The molecular formula is C14H27NO4. The van der Waals surface area contributed by atoms with Gasteiger partial charge in [-0.25, -0.2) is 9.59 Å². The molecular weight excluding hydrogens is 246 g/mol. The van der Waals surface area contributed by atoms with Gasteiger partial charge >= 0.3 is 12.1 Å². The highest BCUT2D eigenvalue weighted by molar-refractivity contribution is 5.81. The van der Waals surface area contributed by atoms with Gasteiger partial charge in [-0.2, -0.15) is 0 Å². The molecule has 19 heavy (non-hydrogen) atoms. The molecule has 1 amide bonds. The zero-order valence-electron chi connectivity index (χ0n) is 14.5. The highest BCUT2D eigenvalue weighted by atomic mass is 16.6. The third-order valence-corrected chi connectivity index (χ3v) is 2.50. The summed E-state index contributed by atoms with van der Waals surface area (Å²) in [4.78, 5) is 23.6. The fraction of sp³-hybridized carbons (Fsp3) is 0.857. The molecule has 112 valence electrons. The molecule has 0 fully saturated rings. The topological polar surface area (TPSA) is 64.6 Å². The minimum Gasteiger partial charge on any atom is -0.464 e. The Bertz CT molecular complexity index is 353. The zero-order chi connectivity index (χ0) is 16.7. The molecule has 0 aliphatic carbocycles. The summed E-state index contributed by atoms with van der Waals surface area (Å²) in [5.41, 5.74) is -0.744. The Hall–Kier alpha value is -1.26. The van der Waals surface area contributed by atoms with Crippen LogP contribution in [0.3, 0.4) is 0 Å². The number of hydrogen-bond acceptors (Lipinski definition) is 4. The number of ether oxygens (including phenoxy) is 2. The van der Waals surface area contributed by atoms with Crippen molar-refractivity contribution < 1.29 is 21.8 Å². The van der Waals surface area contributed by atoms with Crippen LogP contribution in [-0.4, -0.2) is 30.3 Å². The van der Waals surface area contributed by atoms with Crippen molar-refractivity contribution in [1.29, 1.82) is 0 Å². The standard InChI is InChI=1S/C14H27NO4/c1-7-11(8-2)9-18-12(16)10(3)15-13(17)19-14(4,5)6/h10-11H,7-9H2,1-6H3,(H,15,17)/t10-/m0/s1/i3D,10D. The van der Waals surface area contributed by atoms with Gasteiger partial charge in [-0.3, -0.25) is 0 Å². The summed E-state index contributed by atoms with van der Waals surface area (Å²) in [5, 5.41) is 2.10. The molecule has 0 saturated carbocycles. The van der Waals surface area contributed by atoms with Crippen molar-refractivity contribution >= 4 is 12.1 Å². The molecule has 0 aromatic carbocycles. The first kappa shape index (κ1) is 14.2. The Morgan fingerprint density at radius 1 is 1.32 bits per heavy atom. The smallest absolute Gasteiger partial charge is 0.408 e. The third-order valence-electron chi connectivity index (χ3n) is 2.50. The van der Waals surface area contributed by atoms with E-state index in [0.29, 0.717) is 0 Å². The van der Waals surface area contributed by atoms with E-state index >= 15 is 0 Å². The maximum Gasteiger partial charge on any atom is 0.408 e. The fourth-order valence-corrected chi connectivity index (χ4v) is 1.28. The monoisotopic (exact) mass is 275 g/mol. The van der Waals surface area contributed by atoms with Crippen LogP contribution in [0, 0.1) is 5.92 Å². The van der Waals surface area contributed by atoms with Crippen molar-refractivity contribution in [3.8, 4) is 0 Å². The van der Waals surface area contributed by atoms with Crippen LogP contribution in [0.2, 0.25) is 0 Å². The maximum absolute atomic E-state index is 11.9. The van der Waals surface area contributed by atoms with Gasteiger partial charge in [-0.15, -0.1) is 0 Å². The lowest BCUT2D eigenvalue weighted by molar-refractivity contribution is -0.147. The van der Waals surface area contributed by atoms with Crippen molar-refractivity contribution in [1.82, 2.24) is 5.32 Å². The molecule has 0 spiro atoms. The van der Waals surface area contributed by atoms with Gasteiger partial charge in [0.05, 0.1) is 7.98 Å². The van der Waals surface area contributed by atoms with Crippen molar-refractivity contribution in [3.05, 3.63) is 0 Å². The lowest BCUT2D eigenvalue weighted by atomic mass is 10.1. The van der Waals surface area contributed by atoms with Crippen LogP contribution in [0.25, 0.3) is 0 Å². The SMILES string of the molecule is [2H]C[C@]([2H])(NC(=O)OC(C)(C)C)C(=O)OCC(CC)CC. The largest absolute Gasteiger partial charge is 0.464 e. The first-order valence-corrected chi connectivity index (χ1v) is 6.55. The van der Waals surface area contributed by atoms with Gasteiger partial charge in [-0.1, -0.05) is 26.7 Å². The average Bonchev–Trinajstić information content (AvgIpc) is 2.37. The molecule has 0 aromatic heterocycles. The summed E-state index contributed by atoms with van der Waals surface area (Å²) < 4.78 is 25.3. The summed E-state index contributed by atoms with van der Waals surface area (Å²) >= 11 is 0. The van der Waals surface area contributed by atoms with Crippen LogP contribution in [0.5, 0.6) is 0 Å². The molecule has 0 bridgehead atoms. The normalized spacial score (nSPS) is 16.1. The van der Waals surface area contributed by atoms with Crippen LogP contribution in [0.1, 0.15) is 57.1 Å². The summed E-state index contributed by atoms with van der Waals surface area (Å²) in [5.74, 6) is -0.722. The molecule has 0 radical (unpaired) electrons. The average molecular weight is 275 g/mol. The molecule has 1 N–H and O–H groups in total. The Balaban J connectivity index is 4.63. The number of rotatable bonds is 6. The minimum absolute atomic E-state index is 0.183. The molecule has 0 aromatic rings. The molecule has 5 nitrogen and oxygen atoms in total. The first-order valence-electron chi connectivity index (χ1n) is 7.76. The van der Waals surface area contributed by atoms with Crippen molar-refractivity contribution in [2.24, 2.45) is 5.92 Å². The predicted molar refractivity (Wildman–Crippen MR) is 73.9 cm³/mol. The van der Waals surface area contributed by atoms with Crippen LogP contribution in [0.4, 0.5) is 4.79 Å². The number of nitrogens with one attached hydrogen (secondary N) is 1. The van der Waals surface area contributed by atoms with E-state index < -0.39 is 30.6 Å². The Morgan fingerprint density at radius 3 is 2.32 bits per heavy atom. The van der Waals surface area contributed by atoms with Crippen LogP contribution in [0.15, 0.2) is 0 Å². The number of amides is 1. The van der Waals surface area contributed by atoms with Gasteiger partial charge in [0.1, 0.15) is 11.6 Å². The van der Waals surface area contributed by atoms with E-state index in [4.69, 9.17) is 12.2 Å². The molecule has 0 aliphatic heterocycles. The van der Waals surface area contributed by atoms with E-state index in [1.165, 1.54) is 0 Å². The van der Waals surface area contributed by atoms with Crippen LogP contribution >= 0.6 is 0 Å². The fourth-order valence-electron chi connectivity index (χ4n) is 1.28. The quantitative estimate of drug-likeness (QED) is 0.757. The molecule has 0 heterocycles. The summed E-state index contributed by atoms with van der Waals surface area (Å²) in [7, 11) is 0. The molecule has 1 atom stereocenters. The number of carbonyl (C=O) groups excluding carboxylic acids is 2. The molecule has 0 rings (SSSR count). The number of alkyl carbamates (subject to hydrolysis) is 1. The van der Waals surface area contributed by atoms with Gasteiger partial charge < -0.3 is 14.8 Å². The van der Waals surface area contributed by atoms with Gasteiger partial charge in [0.25, 0.3) is 0 Å². The van der Waals surface area contributed by atoms with Crippen molar-refractivity contribution in [2.75, 3.05) is 6.61 Å². The van der Waals surface area contributed by atoms with E-state index in [-0.39, 0.29) is 12.5 Å². The highest BCUT2D eigenvalue weighted by Gasteiger charge is 2.22. The summed E-state index contributed by atoms with van der Waals surface area (Å²) in [6.45, 7) is 8.52. The second kappa shape index (κ2) is 8.02. The number of esters is 1. The zero-order valence-corrected chi connectivity index (χ0v) is 12.5. The van der Waals surface area contributed by atoms with Gasteiger partial charge in [0.2, 0.25) is 0 Å². The summed E-state index contributed by atoms with van der Waals surface area (Å²) in [6, 6.07) is -2.14. The van der Waals surface area contributed by atoms with Crippen molar-refractivity contribution in [2.45, 2.75) is 66.0 Å². The van der Waals surface area contributed by atoms with Crippen LogP contribution in [-0.2, 0) is 14.3 Å². The molecule has 0 unspecified atom stereocenters. The third kappa shape index (κ3) is 8.46. The minimum atomic E-state index is -2.14. The second-order valence-corrected chi connectivity index (χ2v) is 5.39. The Labute approximate surface area is 118 Å². The van der Waals surface area contributed by atoms with E-state index in [1.54, 1.807) is 20.8 Å². The van der Waals surface area contributed by atoms with Gasteiger partial charge in [0, 0.05) is 1.37 Å². The second-order valence-electron chi connectivity index (χ2n) is 5.39. The summed E-state index contributed by atoms with van der Waals surface area (Å²) in [6.07, 6.45) is 0.800. The highest BCUT2D eigenvalue weighted by Crippen LogP contribution is 2.09. The number of carbonyl (C=O) groups is 2. The van der Waals surface area contributed by atoms with Crippen molar-refractivity contribution in [3.63, 3.8) is 0 Å². The lowest BCUT2D eigenvalue weighted by Gasteiger charge is -2.21. The first-order chi connectivity index (χ1) is 9.57. The number of hydrogen-bond donors (Lipinski definition) is 1. The van der Waals surface area contributed by atoms with Crippen LogP contribution < -0.4 is 5.32 Å².